The molecule has 1 saturated heterocycles. The first kappa shape index (κ1) is 18.3. The molecule has 3 N–H and O–H groups in total. The van der Waals surface area contributed by atoms with E-state index in [1.54, 1.807) is 12.1 Å². The Morgan fingerprint density at radius 1 is 1.24 bits per heavy atom. The second kappa shape index (κ2) is 7.40. The summed E-state index contributed by atoms with van der Waals surface area (Å²) in [5, 5.41) is 10.5. The Balaban J connectivity index is 1.70. The summed E-state index contributed by atoms with van der Waals surface area (Å²) in [4.78, 5) is 15.0. The molecule has 0 spiro atoms. The predicted octanol–water partition coefficient (Wildman–Crippen LogP) is 1.99. The number of hydrazine groups is 1. The van der Waals surface area contributed by atoms with Crippen molar-refractivity contribution in [1.82, 2.24) is 15.8 Å². The summed E-state index contributed by atoms with van der Waals surface area (Å²) < 4.78 is 13.1. The fourth-order valence-electron chi connectivity index (χ4n) is 3.96. The van der Waals surface area contributed by atoms with Gasteiger partial charge in [0.2, 0.25) is 5.91 Å². The summed E-state index contributed by atoms with van der Waals surface area (Å²) in [5.41, 5.74) is 7.05. The summed E-state index contributed by atoms with van der Waals surface area (Å²) in [6, 6.07) is 6.49. The van der Waals surface area contributed by atoms with Crippen LogP contribution in [-0.4, -0.2) is 40.6 Å². The number of aliphatic hydroxyl groups is 1. The molecule has 2 aliphatic rings. The lowest BCUT2D eigenvalue weighted by molar-refractivity contribution is -0.139. The largest absolute Gasteiger partial charge is 0.387 e. The summed E-state index contributed by atoms with van der Waals surface area (Å²) in [5.74, 6) is -0.160. The molecule has 6 heteroatoms. The average molecular weight is 349 g/mol. The van der Waals surface area contributed by atoms with Gasteiger partial charge in [0.25, 0.3) is 0 Å². The minimum absolute atomic E-state index is 0.0952. The van der Waals surface area contributed by atoms with Crippen molar-refractivity contribution in [3.63, 3.8) is 0 Å². The Morgan fingerprint density at radius 3 is 2.32 bits per heavy atom. The van der Waals surface area contributed by atoms with Gasteiger partial charge >= 0.3 is 0 Å². The Hall–Kier alpha value is -1.50. The highest BCUT2D eigenvalue weighted by atomic mass is 19.1. The molecule has 4 atom stereocenters. The molecule has 1 aromatic carbocycles. The third-order valence-corrected chi connectivity index (χ3v) is 5.56. The van der Waals surface area contributed by atoms with E-state index in [1.807, 2.05) is 11.8 Å². The molecule has 1 aliphatic heterocycles. The monoisotopic (exact) mass is 349 g/mol. The van der Waals surface area contributed by atoms with Gasteiger partial charge < -0.3 is 10.0 Å². The van der Waals surface area contributed by atoms with Gasteiger partial charge in [-0.15, -0.1) is 0 Å². The minimum Gasteiger partial charge on any atom is -0.387 e. The van der Waals surface area contributed by atoms with Gasteiger partial charge in [-0.05, 0) is 44.4 Å². The highest BCUT2D eigenvalue weighted by Gasteiger charge is 2.42. The number of carbonyl (C=O) groups is 1. The van der Waals surface area contributed by atoms with Crippen molar-refractivity contribution in [1.29, 1.82) is 0 Å². The number of hydrogen-bond donors (Lipinski definition) is 3. The average Bonchev–Trinajstić information content (AvgIpc) is 3.37. The van der Waals surface area contributed by atoms with Crippen molar-refractivity contribution in [2.45, 2.75) is 57.8 Å². The van der Waals surface area contributed by atoms with Gasteiger partial charge in [0.15, 0.2) is 0 Å². The van der Waals surface area contributed by atoms with E-state index in [1.165, 1.54) is 12.1 Å². The third kappa shape index (κ3) is 4.02. The van der Waals surface area contributed by atoms with Crippen LogP contribution in [0.2, 0.25) is 0 Å². The molecule has 5 nitrogen and oxygen atoms in total. The number of rotatable bonds is 6. The zero-order chi connectivity index (χ0) is 18.1. The van der Waals surface area contributed by atoms with E-state index < -0.39 is 6.10 Å². The third-order valence-electron chi connectivity index (χ3n) is 5.56. The van der Waals surface area contributed by atoms with Crippen LogP contribution in [0.1, 0.15) is 45.3 Å². The fourth-order valence-corrected chi connectivity index (χ4v) is 3.96. The number of amides is 1. The zero-order valence-electron chi connectivity index (χ0n) is 15.1. The maximum atomic E-state index is 13.1. The SMILES string of the molecule is CC1NNC(C)C1C(C)C(=O)N(CC(O)c1ccc(F)cc1)C1CC1. The highest BCUT2D eigenvalue weighted by Crippen LogP contribution is 2.33. The number of aliphatic hydroxyl groups excluding tert-OH is 1. The highest BCUT2D eigenvalue weighted by molar-refractivity contribution is 5.79. The van der Waals surface area contributed by atoms with Crippen molar-refractivity contribution in [3.8, 4) is 0 Å². The Labute approximate surface area is 148 Å². The quantitative estimate of drug-likeness (QED) is 0.735. The molecule has 1 heterocycles. The van der Waals surface area contributed by atoms with Crippen molar-refractivity contribution in [3.05, 3.63) is 35.6 Å². The molecule has 0 aromatic heterocycles. The van der Waals surface area contributed by atoms with Crippen molar-refractivity contribution in [2.24, 2.45) is 11.8 Å². The number of hydrogen-bond acceptors (Lipinski definition) is 4. The van der Waals surface area contributed by atoms with E-state index in [2.05, 4.69) is 24.7 Å². The van der Waals surface area contributed by atoms with Crippen LogP contribution in [0.5, 0.6) is 0 Å². The van der Waals surface area contributed by atoms with Gasteiger partial charge in [0, 0.05) is 30.0 Å². The number of nitrogens with zero attached hydrogens (tertiary/aromatic N) is 1. The van der Waals surface area contributed by atoms with Crippen LogP contribution >= 0.6 is 0 Å². The van der Waals surface area contributed by atoms with Crippen LogP contribution in [0, 0.1) is 17.7 Å². The lowest BCUT2D eigenvalue weighted by Crippen LogP contribution is -2.45. The Morgan fingerprint density at radius 2 is 1.80 bits per heavy atom. The molecule has 4 unspecified atom stereocenters. The van der Waals surface area contributed by atoms with Crippen LogP contribution < -0.4 is 10.9 Å². The maximum absolute atomic E-state index is 13.1. The molecular formula is C19H28FN3O2. The van der Waals surface area contributed by atoms with Crippen LogP contribution in [-0.2, 0) is 4.79 Å². The van der Waals surface area contributed by atoms with Crippen molar-refractivity contribution >= 4 is 5.91 Å². The van der Waals surface area contributed by atoms with Crippen LogP contribution in [0.3, 0.4) is 0 Å². The van der Waals surface area contributed by atoms with Crippen LogP contribution in [0.25, 0.3) is 0 Å². The molecular weight excluding hydrogens is 321 g/mol. The molecule has 1 saturated carbocycles. The number of nitrogens with one attached hydrogen (secondary N) is 2. The Bertz CT molecular complexity index is 595. The molecule has 138 valence electrons. The van der Waals surface area contributed by atoms with E-state index in [0.717, 1.165) is 12.8 Å². The van der Waals surface area contributed by atoms with Gasteiger partial charge in [0.1, 0.15) is 5.82 Å². The van der Waals surface area contributed by atoms with E-state index in [-0.39, 0.29) is 48.2 Å². The number of halogens is 1. The normalized spacial score (nSPS) is 28.6. The molecule has 1 amide bonds. The summed E-state index contributed by atoms with van der Waals surface area (Å²) in [7, 11) is 0. The predicted molar refractivity (Wildman–Crippen MR) is 93.9 cm³/mol. The van der Waals surface area contributed by atoms with E-state index in [9.17, 15) is 14.3 Å². The summed E-state index contributed by atoms with van der Waals surface area (Å²) >= 11 is 0. The standard InChI is InChI=1S/C19H28FN3O2/c1-11(18-12(2)21-22-13(18)3)19(25)23(16-8-9-16)10-17(24)14-4-6-15(20)7-5-14/h4-7,11-13,16-18,21-22,24H,8-10H2,1-3H3. The number of carbonyl (C=O) groups excluding carboxylic acids is 1. The Kier molecular flexibility index (Phi) is 5.41. The first-order valence-electron chi connectivity index (χ1n) is 9.13. The second-order valence-electron chi connectivity index (χ2n) is 7.52. The topological polar surface area (TPSA) is 64.6 Å². The smallest absolute Gasteiger partial charge is 0.226 e. The van der Waals surface area contributed by atoms with Gasteiger partial charge in [-0.25, -0.2) is 4.39 Å². The summed E-state index contributed by atoms with van der Waals surface area (Å²) in [6.07, 6.45) is 1.17. The van der Waals surface area contributed by atoms with E-state index in [0.29, 0.717) is 5.56 Å². The van der Waals surface area contributed by atoms with Gasteiger partial charge in [-0.3, -0.25) is 15.6 Å². The zero-order valence-corrected chi connectivity index (χ0v) is 15.1. The molecule has 3 rings (SSSR count). The lowest BCUT2D eigenvalue weighted by Gasteiger charge is -2.32. The maximum Gasteiger partial charge on any atom is 0.226 e. The summed E-state index contributed by atoms with van der Waals surface area (Å²) in [6.45, 7) is 6.41. The first-order valence-corrected chi connectivity index (χ1v) is 9.13. The van der Waals surface area contributed by atoms with E-state index in [4.69, 9.17) is 0 Å². The van der Waals surface area contributed by atoms with E-state index >= 15 is 0 Å². The number of benzene rings is 1. The minimum atomic E-state index is -0.799. The van der Waals surface area contributed by atoms with Crippen LogP contribution in [0.4, 0.5) is 4.39 Å². The second-order valence-corrected chi connectivity index (χ2v) is 7.52. The molecule has 0 bridgehead atoms. The first-order chi connectivity index (χ1) is 11.9. The fraction of sp³-hybridized carbons (Fsp3) is 0.632. The molecule has 2 fully saturated rings. The van der Waals surface area contributed by atoms with Gasteiger partial charge in [-0.2, -0.15) is 0 Å². The van der Waals surface area contributed by atoms with Crippen molar-refractivity contribution in [2.75, 3.05) is 6.54 Å². The van der Waals surface area contributed by atoms with Crippen LogP contribution in [0.15, 0.2) is 24.3 Å². The van der Waals surface area contributed by atoms with Gasteiger partial charge in [-0.1, -0.05) is 19.1 Å². The van der Waals surface area contributed by atoms with Crippen molar-refractivity contribution < 1.29 is 14.3 Å². The molecule has 1 aliphatic carbocycles. The lowest BCUT2D eigenvalue weighted by atomic mass is 9.83. The molecule has 1 aromatic rings. The molecule has 25 heavy (non-hydrogen) atoms. The molecule has 0 radical (unpaired) electrons. The van der Waals surface area contributed by atoms with Gasteiger partial charge in [0.05, 0.1) is 12.6 Å².